The van der Waals surface area contributed by atoms with Crippen LogP contribution >= 0.6 is 0 Å². The van der Waals surface area contributed by atoms with Crippen LogP contribution in [-0.4, -0.2) is 25.8 Å². The highest BCUT2D eigenvalue weighted by molar-refractivity contribution is 5.85. The van der Waals surface area contributed by atoms with Gasteiger partial charge < -0.3 is 18.6 Å². The van der Waals surface area contributed by atoms with E-state index in [0.717, 1.165) is 0 Å². The first-order valence-electron chi connectivity index (χ1n) is 9.00. The Labute approximate surface area is 162 Å². The zero-order valence-electron chi connectivity index (χ0n) is 16.3. The van der Waals surface area contributed by atoms with Gasteiger partial charge in [0.1, 0.15) is 22.8 Å². The predicted molar refractivity (Wildman–Crippen MR) is 106 cm³/mol. The van der Waals surface area contributed by atoms with Gasteiger partial charge in [-0.05, 0) is 39.0 Å². The second kappa shape index (κ2) is 8.17. The van der Waals surface area contributed by atoms with Crippen molar-refractivity contribution in [2.45, 2.75) is 26.9 Å². The number of methoxy groups -OCH3 is 1. The smallest absolute Gasteiger partial charge is 0.347 e. The fraction of sp³-hybridized carbons (Fsp3) is 0.273. The summed E-state index contributed by atoms with van der Waals surface area (Å²) in [5, 5.41) is 0.419. The largest absolute Gasteiger partial charge is 0.496 e. The van der Waals surface area contributed by atoms with Gasteiger partial charge in [0.25, 0.3) is 0 Å². The Morgan fingerprint density at radius 2 is 1.93 bits per heavy atom. The molecule has 1 atom stereocenters. The van der Waals surface area contributed by atoms with Gasteiger partial charge in [-0.25, -0.2) is 4.79 Å². The molecule has 0 bridgehead atoms. The van der Waals surface area contributed by atoms with Crippen molar-refractivity contribution in [3.8, 4) is 22.6 Å². The SMILES string of the molecule is CCOC(=O)[C@H](C)Oc1ccc2c(=O)c(-c3ccccc3OC)c(C)oc2c1. The summed E-state index contributed by atoms with van der Waals surface area (Å²) in [5.41, 5.74) is 1.36. The van der Waals surface area contributed by atoms with Gasteiger partial charge in [-0.3, -0.25) is 4.79 Å². The van der Waals surface area contributed by atoms with Crippen LogP contribution < -0.4 is 14.9 Å². The minimum atomic E-state index is -0.766. The molecule has 1 aromatic heterocycles. The van der Waals surface area contributed by atoms with Crippen molar-refractivity contribution in [1.29, 1.82) is 0 Å². The molecule has 0 fully saturated rings. The van der Waals surface area contributed by atoms with Crippen LogP contribution in [0.5, 0.6) is 11.5 Å². The van der Waals surface area contributed by atoms with E-state index >= 15 is 0 Å². The van der Waals surface area contributed by atoms with Gasteiger partial charge in [0, 0.05) is 11.6 Å². The van der Waals surface area contributed by atoms with Gasteiger partial charge in [-0.1, -0.05) is 18.2 Å². The molecule has 0 unspecified atom stereocenters. The topological polar surface area (TPSA) is 75.0 Å². The number of carbonyl (C=O) groups excluding carboxylic acids is 1. The summed E-state index contributed by atoms with van der Waals surface area (Å²) < 4.78 is 21.8. The van der Waals surface area contributed by atoms with Gasteiger partial charge in [0.15, 0.2) is 6.10 Å². The Hall–Kier alpha value is -3.28. The molecule has 0 aliphatic rings. The number of ether oxygens (including phenoxy) is 3. The monoisotopic (exact) mass is 382 g/mol. The van der Waals surface area contributed by atoms with Crippen LogP contribution in [0.25, 0.3) is 22.1 Å². The molecule has 3 rings (SSSR count). The average Bonchev–Trinajstić information content (AvgIpc) is 2.68. The maximum atomic E-state index is 13.1. The second-order valence-electron chi connectivity index (χ2n) is 6.23. The Balaban J connectivity index is 2.04. The zero-order valence-corrected chi connectivity index (χ0v) is 16.3. The summed E-state index contributed by atoms with van der Waals surface area (Å²) in [7, 11) is 1.56. The summed E-state index contributed by atoms with van der Waals surface area (Å²) in [4.78, 5) is 24.9. The van der Waals surface area contributed by atoms with Gasteiger partial charge in [-0.2, -0.15) is 0 Å². The molecule has 3 aromatic rings. The molecule has 146 valence electrons. The molecule has 28 heavy (non-hydrogen) atoms. The van der Waals surface area contributed by atoms with E-state index in [9.17, 15) is 9.59 Å². The fourth-order valence-electron chi connectivity index (χ4n) is 3.03. The van der Waals surface area contributed by atoms with E-state index in [0.29, 0.717) is 39.4 Å². The van der Waals surface area contributed by atoms with Crippen LogP contribution in [-0.2, 0) is 9.53 Å². The third-order valence-corrected chi connectivity index (χ3v) is 4.35. The van der Waals surface area contributed by atoms with Crippen LogP contribution in [0, 0.1) is 6.92 Å². The van der Waals surface area contributed by atoms with Crippen molar-refractivity contribution >= 4 is 16.9 Å². The molecule has 2 aromatic carbocycles. The van der Waals surface area contributed by atoms with E-state index in [1.54, 1.807) is 52.1 Å². The fourth-order valence-corrected chi connectivity index (χ4v) is 3.03. The average molecular weight is 382 g/mol. The molecular weight excluding hydrogens is 360 g/mol. The molecule has 0 radical (unpaired) electrons. The summed E-state index contributed by atoms with van der Waals surface area (Å²) >= 11 is 0. The van der Waals surface area contributed by atoms with E-state index in [2.05, 4.69) is 0 Å². The molecule has 6 heteroatoms. The summed E-state index contributed by atoms with van der Waals surface area (Å²) in [6, 6.07) is 12.2. The van der Waals surface area contributed by atoms with Gasteiger partial charge in [0.05, 0.1) is 24.7 Å². The number of para-hydroxylation sites is 1. The number of hydrogen-bond donors (Lipinski definition) is 0. The third kappa shape index (κ3) is 3.71. The normalized spacial score (nSPS) is 11.9. The third-order valence-electron chi connectivity index (χ3n) is 4.35. The molecular formula is C22H22O6. The molecule has 0 aliphatic carbocycles. The predicted octanol–water partition coefficient (Wildman–Crippen LogP) is 4.11. The number of benzene rings is 2. The van der Waals surface area contributed by atoms with Crippen LogP contribution in [0.15, 0.2) is 51.7 Å². The number of carbonyl (C=O) groups is 1. The zero-order chi connectivity index (χ0) is 20.3. The Bertz CT molecular complexity index is 1070. The Morgan fingerprint density at radius 1 is 1.18 bits per heavy atom. The summed E-state index contributed by atoms with van der Waals surface area (Å²) in [6.45, 7) is 5.35. The first-order chi connectivity index (χ1) is 13.5. The molecule has 0 saturated heterocycles. The minimum absolute atomic E-state index is 0.159. The van der Waals surface area contributed by atoms with Crippen molar-refractivity contribution in [3.63, 3.8) is 0 Å². The minimum Gasteiger partial charge on any atom is -0.496 e. The highest BCUT2D eigenvalue weighted by Gasteiger charge is 2.19. The van der Waals surface area contributed by atoms with Crippen molar-refractivity contribution in [2.24, 2.45) is 0 Å². The lowest BCUT2D eigenvalue weighted by molar-refractivity contribution is -0.150. The van der Waals surface area contributed by atoms with Gasteiger partial charge in [0.2, 0.25) is 5.43 Å². The lowest BCUT2D eigenvalue weighted by atomic mass is 10.0. The van der Waals surface area contributed by atoms with E-state index in [4.69, 9.17) is 18.6 Å². The van der Waals surface area contributed by atoms with Crippen molar-refractivity contribution < 1.29 is 23.4 Å². The standard InChI is InChI=1S/C22H22O6/c1-5-26-22(24)14(3)27-15-10-11-17-19(12-15)28-13(2)20(21(17)23)16-8-6-7-9-18(16)25-4/h6-12,14H,5H2,1-4H3/t14-/m0/s1. The molecule has 0 N–H and O–H groups in total. The number of fused-ring (bicyclic) bond motifs is 1. The molecule has 0 saturated carbocycles. The van der Waals surface area contributed by atoms with Gasteiger partial charge in [-0.15, -0.1) is 0 Å². The maximum absolute atomic E-state index is 13.1. The molecule has 1 heterocycles. The van der Waals surface area contributed by atoms with E-state index in [-0.39, 0.29) is 12.0 Å². The van der Waals surface area contributed by atoms with Crippen molar-refractivity contribution in [2.75, 3.05) is 13.7 Å². The maximum Gasteiger partial charge on any atom is 0.347 e. The van der Waals surface area contributed by atoms with Crippen LogP contribution in [0.3, 0.4) is 0 Å². The Kier molecular flexibility index (Phi) is 5.68. The van der Waals surface area contributed by atoms with E-state index in [1.807, 2.05) is 18.2 Å². The summed E-state index contributed by atoms with van der Waals surface area (Å²) in [6.07, 6.45) is -0.766. The van der Waals surface area contributed by atoms with Crippen LogP contribution in [0.4, 0.5) is 0 Å². The molecule has 6 nitrogen and oxygen atoms in total. The highest BCUT2D eigenvalue weighted by atomic mass is 16.6. The number of hydrogen-bond acceptors (Lipinski definition) is 6. The number of aryl methyl sites for hydroxylation is 1. The van der Waals surface area contributed by atoms with Crippen molar-refractivity contribution in [3.05, 3.63) is 58.4 Å². The van der Waals surface area contributed by atoms with E-state index in [1.165, 1.54) is 0 Å². The first kappa shape index (κ1) is 19.5. The first-order valence-corrected chi connectivity index (χ1v) is 9.00. The second-order valence-corrected chi connectivity index (χ2v) is 6.23. The van der Waals surface area contributed by atoms with Crippen LogP contribution in [0.2, 0.25) is 0 Å². The number of esters is 1. The van der Waals surface area contributed by atoms with E-state index < -0.39 is 12.1 Å². The lowest BCUT2D eigenvalue weighted by Crippen LogP contribution is -2.26. The molecule has 0 aliphatic heterocycles. The lowest BCUT2D eigenvalue weighted by Gasteiger charge is -2.14. The quantitative estimate of drug-likeness (QED) is 0.597. The Morgan fingerprint density at radius 3 is 2.64 bits per heavy atom. The molecule has 0 spiro atoms. The molecule has 0 amide bonds. The highest BCUT2D eigenvalue weighted by Crippen LogP contribution is 2.32. The van der Waals surface area contributed by atoms with Crippen LogP contribution in [0.1, 0.15) is 19.6 Å². The summed E-state index contributed by atoms with van der Waals surface area (Å²) in [5.74, 6) is 1.03. The van der Waals surface area contributed by atoms with Gasteiger partial charge >= 0.3 is 5.97 Å². The van der Waals surface area contributed by atoms with Crippen molar-refractivity contribution in [1.82, 2.24) is 0 Å². The number of rotatable bonds is 6.